The second-order valence-corrected chi connectivity index (χ2v) is 4.33. The molecule has 0 bridgehead atoms. The predicted molar refractivity (Wildman–Crippen MR) is 69.7 cm³/mol. The monoisotopic (exact) mass is 232 g/mol. The zero-order valence-electron chi connectivity index (χ0n) is 8.93. The smallest absolute Gasteiger partial charge is 0.258 e. The third-order valence-corrected chi connectivity index (χ3v) is 2.59. The molecule has 3 nitrogen and oxygen atoms in total. The minimum absolute atomic E-state index is 0.0506. The summed E-state index contributed by atoms with van der Waals surface area (Å²) in [5.74, 6) is 0. The van der Waals surface area contributed by atoms with Crippen LogP contribution in [0.5, 0.6) is 0 Å². The molecule has 0 aliphatic heterocycles. The van der Waals surface area contributed by atoms with E-state index in [1.807, 2.05) is 31.2 Å². The van der Waals surface area contributed by atoms with Gasteiger partial charge in [0.15, 0.2) is 0 Å². The molecule has 4 heteroatoms. The van der Waals surface area contributed by atoms with Crippen molar-refractivity contribution < 1.29 is 0 Å². The molecule has 0 spiro atoms. The first kappa shape index (κ1) is 10.8. The summed E-state index contributed by atoms with van der Waals surface area (Å²) in [5, 5.41) is 1.65. The molecule has 0 aliphatic rings. The van der Waals surface area contributed by atoms with Gasteiger partial charge < -0.3 is 10.3 Å². The van der Waals surface area contributed by atoms with Crippen molar-refractivity contribution in [3.05, 3.63) is 46.4 Å². The van der Waals surface area contributed by atoms with Crippen molar-refractivity contribution in [1.82, 2.24) is 4.57 Å². The molecule has 0 unspecified atom stereocenters. The third-order valence-electron chi connectivity index (χ3n) is 2.46. The lowest BCUT2D eigenvalue weighted by Gasteiger charge is -2.06. The number of hydrogen-bond acceptors (Lipinski definition) is 2. The van der Waals surface area contributed by atoms with Crippen molar-refractivity contribution in [2.75, 3.05) is 0 Å². The lowest BCUT2D eigenvalue weighted by molar-refractivity contribution is 0.819. The highest BCUT2D eigenvalue weighted by Gasteiger charge is 2.03. The number of rotatable bonds is 2. The van der Waals surface area contributed by atoms with Gasteiger partial charge in [-0.1, -0.05) is 29.9 Å². The Hall–Kier alpha value is -1.68. The molecule has 1 aromatic carbocycles. The first-order valence-corrected chi connectivity index (χ1v) is 5.37. The number of pyridine rings is 1. The maximum atomic E-state index is 12.0. The van der Waals surface area contributed by atoms with Crippen molar-refractivity contribution in [3.8, 4) is 0 Å². The van der Waals surface area contributed by atoms with Crippen LogP contribution in [0.2, 0.25) is 0 Å². The van der Waals surface area contributed by atoms with Crippen LogP contribution in [0.3, 0.4) is 0 Å². The van der Waals surface area contributed by atoms with Crippen molar-refractivity contribution >= 4 is 28.0 Å². The number of benzene rings is 1. The van der Waals surface area contributed by atoms with Gasteiger partial charge in [0.1, 0.15) is 0 Å². The van der Waals surface area contributed by atoms with E-state index in [4.69, 9.17) is 18.0 Å². The van der Waals surface area contributed by atoms with Crippen LogP contribution < -0.4 is 11.3 Å². The van der Waals surface area contributed by atoms with Crippen molar-refractivity contribution in [3.63, 3.8) is 0 Å². The highest BCUT2D eigenvalue weighted by Crippen LogP contribution is 2.11. The summed E-state index contributed by atoms with van der Waals surface area (Å²) in [4.78, 5) is 12.3. The number of aryl methyl sites for hydroxylation is 1. The normalized spacial score (nSPS) is 10.6. The van der Waals surface area contributed by atoms with E-state index < -0.39 is 0 Å². The minimum Gasteiger partial charge on any atom is -0.392 e. The summed E-state index contributed by atoms with van der Waals surface area (Å²) in [5.41, 5.74) is 6.52. The fraction of sp³-hybridized carbons (Fsp3) is 0.167. The Balaban J connectivity index is 2.66. The first-order chi connectivity index (χ1) is 7.58. The number of hydrogen-bond donors (Lipinski definition) is 1. The molecule has 0 saturated carbocycles. The summed E-state index contributed by atoms with van der Waals surface area (Å²) in [6.07, 6.45) is 1.73. The van der Waals surface area contributed by atoms with Crippen LogP contribution in [0.4, 0.5) is 0 Å². The van der Waals surface area contributed by atoms with E-state index in [1.165, 1.54) is 4.57 Å². The lowest BCUT2D eigenvalue weighted by atomic mass is 10.1. The Labute approximate surface area is 98.5 Å². The molecule has 2 N–H and O–H groups in total. The second kappa shape index (κ2) is 4.06. The van der Waals surface area contributed by atoms with Gasteiger partial charge in [-0.2, -0.15) is 0 Å². The van der Waals surface area contributed by atoms with E-state index in [0.29, 0.717) is 10.4 Å². The first-order valence-electron chi connectivity index (χ1n) is 4.96. The van der Waals surface area contributed by atoms with E-state index in [-0.39, 0.29) is 12.1 Å². The molecule has 0 amide bonds. The number of aromatic nitrogens is 1. The molecule has 0 aliphatic carbocycles. The molecule has 2 aromatic rings. The Bertz CT molecular complexity index is 616. The lowest BCUT2D eigenvalue weighted by Crippen LogP contribution is -2.26. The highest BCUT2D eigenvalue weighted by molar-refractivity contribution is 7.80. The largest absolute Gasteiger partial charge is 0.392 e. The molecule has 0 atom stereocenters. The molecule has 16 heavy (non-hydrogen) atoms. The second-order valence-electron chi connectivity index (χ2n) is 3.81. The molecule has 1 aromatic heterocycles. The van der Waals surface area contributed by atoms with Gasteiger partial charge in [0.05, 0.1) is 11.5 Å². The van der Waals surface area contributed by atoms with Crippen LogP contribution in [0.1, 0.15) is 5.56 Å². The predicted octanol–water partition coefficient (Wildman–Crippen LogP) is 1.60. The van der Waals surface area contributed by atoms with E-state index in [0.717, 1.165) is 10.9 Å². The molecule has 82 valence electrons. The Morgan fingerprint density at radius 2 is 2.19 bits per heavy atom. The number of thiocarbonyl (C=S) groups is 1. The topological polar surface area (TPSA) is 48.0 Å². The molecule has 0 radical (unpaired) electrons. The summed E-state index contributed by atoms with van der Waals surface area (Å²) in [6.45, 7) is 2.29. The van der Waals surface area contributed by atoms with Crippen molar-refractivity contribution in [2.45, 2.75) is 13.5 Å². The van der Waals surface area contributed by atoms with Crippen LogP contribution in [-0.4, -0.2) is 9.56 Å². The summed E-state index contributed by atoms with van der Waals surface area (Å²) in [7, 11) is 0. The van der Waals surface area contributed by atoms with Crippen molar-refractivity contribution in [2.24, 2.45) is 5.73 Å². The van der Waals surface area contributed by atoms with Crippen LogP contribution in [-0.2, 0) is 6.54 Å². The average Bonchev–Trinajstić information content (AvgIpc) is 2.22. The van der Waals surface area contributed by atoms with Crippen molar-refractivity contribution in [1.29, 1.82) is 0 Å². The van der Waals surface area contributed by atoms with E-state index in [9.17, 15) is 4.79 Å². The fourth-order valence-corrected chi connectivity index (χ4v) is 1.84. The molecule has 0 saturated heterocycles. The summed E-state index contributed by atoms with van der Waals surface area (Å²) < 4.78 is 1.53. The van der Waals surface area contributed by atoms with Crippen LogP contribution in [0.15, 0.2) is 35.3 Å². The SMILES string of the molecule is Cc1ccc2c(=O)n(CC(N)=S)ccc2c1. The summed E-state index contributed by atoms with van der Waals surface area (Å²) >= 11 is 4.80. The van der Waals surface area contributed by atoms with Gasteiger partial charge >= 0.3 is 0 Å². The van der Waals surface area contributed by atoms with E-state index in [2.05, 4.69) is 0 Å². The number of nitrogens with zero attached hydrogens (tertiary/aromatic N) is 1. The van der Waals surface area contributed by atoms with Gasteiger partial charge in [-0.05, 0) is 24.4 Å². The molecule has 1 heterocycles. The molecular formula is C12H12N2OS. The van der Waals surface area contributed by atoms with Crippen LogP contribution in [0.25, 0.3) is 10.8 Å². The standard InChI is InChI=1S/C12H12N2OS/c1-8-2-3-10-9(6-8)4-5-14(12(10)15)7-11(13)16/h2-6H,7H2,1H3,(H2,13,16). The third kappa shape index (κ3) is 1.97. The maximum absolute atomic E-state index is 12.0. The van der Waals surface area contributed by atoms with Crippen LogP contribution in [0, 0.1) is 6.92 Å². The highest BCUT2D eigenvalue weighted by atomic mass is 32.1. The van der Waals surface area contributed by atoms with Gasteiger partial charge in [-0.15, -0.1) is 0 Å². The summed E-state index contributed by atoms with van der Waals surface area (Å²) in [6, 6.07) is 7.65. The quantitative estimate of drug-likeness (QED) is 0.800. The molecular weight excluding hydrogens is 220 g/mol. The van der Waals surface area contributed by atoms with Crippen LogP contribution >= 0.6 is 12.2 Å². The Morgan fingerprint density at radius 3 is 2.88 bits per heavy atom. The van der Waals surface area contributed by atoms with E-state index >= 15 is 0 Å². The molecule has 2 rings (SSSR count). The van der Waals surface area contributed by atoms with E-state index in [1.54, 1.807) is 6.20 Å². The average molecular weight is 232 g/mol. The zero-order valence-corrected chi connectivity index (χ0v) is 9.75. The Kier molecular flexibility index (Phi) is 2.75. The Morgan fingerprint density at radius 1 is 1.44 bits per heavy atom. The van der Waals surface area contributed by atoms with Gasteiger partial charge in [-0.3, -0.25) is 4.79 Å². The zero-order chi connectivity index (χ0) is 11.7. The van der Waals surface area contributed by atoms with Gasteiger partial charge in [0.25, 0.3) is 5.56 Å². The number of nitrogens with two attached hydrogens (primary N) is 1. The molecule has 0 fully saturated rings. The minimum atomic E-state index is -0.0506. The van der Waals surface area contributed by atoms with Gasteiger partial charge in [0, 0.05) is 11.6 Å². The maximum Gasteiger partial charge on any atom is 0.258 e. The van der Waals surface area contributed by atoms with Gasteiger partial charge in [-0.25, -0.2) is 0 Å². The van der Waals surface area contributed by atoms with Gasteiger partial charge in [0.2, 0.25) is 0 Å². The number of fused-ring (bicyclic) bond motifs is 1. The fourth-order valence-electron chi connectivity index (χ4n) is 1.70.